The van der Waals surface area contributed by atoms with E-state index < -0.39 is 0 Å². The Morgan fingerprint density at radius 3 is 2.30 bits per heavy atom. The van der Waals surface area contributed by atoms with Gasteiger partial charge in [-0.15, -0.1) is 0 Å². The van der Waals surface area contributed by atoms with Crippen molar-refractivity contribution < 1.29 is 0 Å². The molecule has 0 N–H and O–H groups in total. The Bertz CT molecular complexity index is 840. The molecule has 1 heterocycles. The average Bonchev–Trinajstić information content (AvgIpc) is 3.30. The largest absolute Gasteiger partial charge is 0.369 e. The van der Waals surface area contributed by atoms with Crippen molar-refractivity contribution in [2.24, 2.45) is 0 Å². The molecule has 2 heteroatoms. The van der Waals surface area contributed by atoms with Crippen LogP contribution in [0.1, 0.15) is 68.6 Å². The molecule has 1 saturated heterocycles. The van der Waals surface area contributed by atoms with Crippen molar-refractivity contribution in [3.63, 3.8) is 0 Å². The Labute approximate surface area is 183 Å². The number of benzene rings is 2. The van der Waals surface area contributed by atoms with Crippen LogP contribution in [0, 0.1) is 6.92 Å². The van der Waals surface area contributed by atoms with E-state index >= 15 is 0 Å². The van der Waals surface area contributed by atoms with Crippen LogP contribution in [-0.2, 0) is 6.54 Å². The molecule has 0 aromatic heterocycles. The van der Waals surface area contributed by atoms with Crippen molar-refractivity contribution in [2.45, 2.75) is 71.4 Å². The number of hydrogen-bond acceptors (Lipinski definition) is 2. The third-order valence-corrected chi connectivity index (χ3v) is 7.20. The molecule has 1 aliphatic carbocycles. The molecule has 30 heavy (non-hydrogen) atoms. The zero-order valence-corrected chi connectivity index (χ0v) is 19.0. The van der Waals surface area contributed by atoms with Crippen molar-refractivity contribution in [1.29, 1.82) is 0 Å². The first kappa shape index (κ1) is 21.2. The Hall–Kier alpha value is -2.06. The molecule has 2 nitrogen and oxygen atoms in total. The third kappa shape index (κ3) is 4.64. The summed E-state index contributed by atoms with van der Waals surface area (Å²) in [5, 5.41) is 0. The van der Waals surface area contributed by atoms with Gasteiger partial charge in [0, 0.05) is 24.8 Å². The fourth-order valence-electron chi connectivity index (χ4n) is 5.42. The topological polar surface area (TPSA) is 6.48 Å². The SMILES string of the molecule is C=Cc1cc(-c2ccc(CN3CCCC3)cc2)cc(N(CC)C2CCCCC2)c1C. The van der Waals surface area contributed by atoms with Crippen LogP contribution in [0.5, 0.6) is 0 Å². The van der Waals surface area contributed by atoms with Crippen LogP contribution in [0.15, 0.2) is 43.0 Å². The van der Waals surface area contributed by atoms with Crippen LogP contribution in [0.25, 0.3) is 17.2 Å². The molecule has 2 aromatic rings. The molecule has 4 rings (SSSR count). The summed E-state index contributed by atoms with van der Waals surface area (Å²) in [7, 11) is 0. The smallest absolute Gasteiger partial charge is 0.0410 e. The van der Waals surface area contributed by atoms with Crippen molar-refractivity contribution >= 4 is 11.8 Å². The standard InChI is InChI=1S/C28H38N2/c1-4-24-19-26(25-15-13-23(14-16-25)21-29-17-9-10-18-29)20-28(22(24)3)30(5-2)27-11-7-6-8-12-27/h4,13-16,19-20,27H,1,5-12,17-18,21H2,2-3H3. The van der Waals surface area contributed by atoms with Gasteiger partial charge < -0.3 is 4.90 Å². The summed E-state index contributed by atoms with van der Waals surface area (Å²) < 4.78 is 0. The van der Waals surface area contributed by atoms with Gasteiger partial charge in [-0.3, -0.25) is 4.90 Å². The van der Waals surface area contributed by atoms with E-state index in [1.54, 1.807) is 0 Å². The van der Waals surface area contributed by atoms with Gasteiger partial charge in [-0.05, 0) is 92.6 Å². The van der Waals surface area contributed by atoms with Crippen LogP contribution in [0.2, 0.25) is 0 Å². The summed E-state index contributed by atoms with van der Waals surface area (Å²) in [4.78, 5) is 5.23. The molecule has 0 radical (unpaired) electrons. The summed E-state index contributed by atoms with van der Waals surface area (Å²) in [6.45, 7) is 13.3. The lowest BCUT2D eigenvalue weighted by molar-refractivity contribution is 0.331. The average molecular weight is 403 g/mol. The fourth-order valence-corrected chi connectivity index (χ4v) is 5.42. The van der Waals surface area contributed by atoms with Crippen molar-refractivity contribution in [1.82, 2.24) is 4.90 Å². The maximum Gasteiger partial charge on any atom is 0.0410 e. The molecule has 0 spiro atoms. The van der Waals surface area contributed by atoms with E-state index in [9.17, 15) is 0 Å². The molecule has 0 unspecified atom stereocenters. The highest BCUT2D eigenvalue weighted by Gasteiger charge is 2.22. The van der Waals surface area contributed by atoms with Crippen molar-refractivity contribution in [2.75, 3.05) is 24.5 Å². The second-order valence-corrected chi connectivity index (χ2v) is 9.17. The van der Waals surface area contributed by atoms with Gasteiger partial charge in [-0.1, -0.05) is 56.2 Å². The Kier molecular flexibility index (Phi) is 6.94. The number of hydrogen-bond donors (Lipinski definition) is 0. The Morgan fingerprint density at radius 2 is 1.67 bits per heavy atom. The van der Waals surface area contributed by atoms with Crippen LogP contribution >= 0.6 is 0 Å². The third-order valence-electron chi connectivity index (χ3n) is 7.20. The molecule has 0 amide bonds. The predicted octanol–water partition coefficient (Wildman–Crippen LogP) is 7.06. The molecule has 2 aliphatic rings. The predicted molar refractivity (Wildman–Crippen MR) is 131 cm³/mol. The first-order valence-electron chi connectivity index (χ1n) is 12.0. The quantitative estimate of drug-likeness (QED) is 0.489. The normalized spacial score (nSPS) is 17.9. The first-order valence-corrected chi connectivity index (χ1v) is 12.0. The lowest BCUT2D eigenvalue weighted by atomic mass is 9.91. The van der Waals surface area contributed by atoms with E-state index in [1.807, 2.05) is 6.08 Å². The van der Waals surface area contributed by atoms with Gasteiger partial charge in [-0.2, -0.15) is 0 Å². The lowest BCUT2D eigenvalue weighted by Crippen LogP contribution is -2.37. The zero-order chi connectivity index (χ0) is 20.9. The molecular weight excluding hydrogens is 364 g/mol. The van der Waals surface area contributed by atoms with Crippen molar-refractivity contribution in [3.05, 3.63) is 59.7 Å². The number of rotatable bonds is 7. The number of likely N-dealkylation sites (tertiary alicyclic amines) is 1. The lowest BCUT2D eigenvalue weighted by Gasteiger charge is -2.37. The molecule has 2 fully saturated rings. The first-order chi connectivity index (χ1) is 14.7. The van der Waals surface area contributed by atoms with E-state index in [0.717, 1.165) is 13.1 Å². The van der Waals surface area contributed by atoms with Crippen LogP contribution in [0.4, 0.5) is 5.69 Å². The van der Waals surface area contributed by atoms with E-state index in [-0.39, 0.29) is 0 Å². The van der Waals surface area contributed by atoms with Crippen molar-refractivity contribution in [3.8, 4) is 11.1 Å². The van der Waals surface area contributed by atoms with E-state index in [2.05, 4.69) is 66.6 Å². The molecular formula is C28H38N2. The Balaban J connectivity index is 1.62. The number of nitrogens with zero attached hydrogens (tertiary/aromatic N) is 2. The van der Waals surface area contributed by atoms with Gasteiger partial charge in [0.25, 0.3) is 0 Å². The van der Waals surface area contributed by atoms with Crippen LogP contribution in [0.3, 0.4) is 0 Å². The second-order valence-electron chi connectivity index (χ2n) is 9.17. The molecule has 1 saturated carbocycles. The number of anilines is 1. The van der Waals surface area contributed by atoms with Crippen LogP contribution < -0.4 is 4.90 Å². The summed E-state index contributed by atoms with van der Waals surface area (Å²) in [6, 6.07) is 14.7. The summed E-state index contributed by atoms with van der Waals surface area (Å²) in [6.07, 6.45) is 11.5. The molecule has 160 valence electrons. The maximum atomic E-state index is 4.11. The highest BCUT2D eigenvalue weighted by Crippen LogP contribution is 2.35. The van der Waals surface area contributed by atoms with E-state index in [4.69, 9.17) is 0 Å². The van der Waals surface area contributed by atoms with Gasteiger partial charge in [0.05, 0.1) is 0 Å². The van der Waals surface area contributed by atoms with Gasteiger partial charge in [-0.25, -0.2) is 0 Å². The highest BCUT2D eigenvalue weighted by atomic mass is 15.2. The van der Waals surface area contributed by atoms with Gasteiger partial charge >= 0.3 is 0 Å². The van der Waals surface area contributed by atoms with Gasteiger partial charge in [0.15, 0.2) is 0 Å². The fraction of sp³-hybridized carbons (Fsp3) is 0.500. The minimum Gasteiger partial charge on any atom is -0.369 e. The minimum atomic E-state index is 0.679. The molecule has 0 bridgehead atoms. The maximum absolute atomic E-state index is 4.11. The second kappa shape index (κ2) is 9.83. The van der Waals surface area contributed by atoms with E-state index in [1.165, 1.54) is 91.5 Å². The van der Waals surface area contributed by atoms with Crippen LogP contribution in [-0.4, -0.2) is 30.6 Å². The monoisotopic (exact) mass is 402 g/mol. The summed E-state index contributed by atoms with van der Waals surface area (Å²) >= 11 is 0. The molecule has 2 aromatic carbocycles. The van der Waals surface area contributed by atoms with Gasteiger partial charge in [0.2, 0.25) is 0 Å². The zero-order valence-electron chi connectivity index (χ0n) is 19.0. The van der Waals surface area contributed by atoms with Gasteiger partial charge in [0.1, 0.15) is 0 Å². The minimum absolute atomic E-state index is 0.679. The molecule has 1 aliphatic heterocycles. The molecule has 0 atom stereocenters. The summed E-state index contributed by atoms with van der Waals surface area (Å²) in [5.74, 6) is 0. The summed E-state index contributed by atoms with van der Waals surface area (Å²) in [5.41, 5.74) is 8.08. The Morgan fingerprint density at radius 1 is 0.967 bits per heavy atom. The highest BCUT2D eigenvalue weighted by molar-refractivity contribution is 5.76. The van der Waals surface area contributed by atoms with E-state index in [0.29, 0.717) is 6.04 Å².